The molecule has 0 aliphatic heterocycles. The van der Waals surface area contributed by atoms with Crippen LogP contribution < -0.4 is 0 Å². The van der Waals surface area contributed by atoms with Crippen LogP contribution in [0.5, 0.6) is 0 Å². The first kappa shape index (κ1) is 63.6. The molecule has 12 nitrogen and oxygen atoms in total. The fraction of sp³-hybridized carbons (Fsp3) is 1.00. The molecule has 12 N–H and O–H groups in total. The minimum atomic E-state index is -2.17. The highest BCUT2D eigenvalue weighted by atomic mass is 28.3. The van der Waals surface area contributed by atoms with E-state index in [2.05, 4.69) is 58.9 Å². The molecule has 0 radical (unpaired) electrons. The molecule has 0 aliphatic carbocycles. The smallest absolute Gasteiger partial charge is 0.402 e. The molecule has 0 spiro atoms. The van der Waals surface area contributed by atoms with Crippen molar-refractivity contribution in [3.05, 3.63) is 0 Å². The molecule has 0 atom stereocenters. The summed E-state index contributed by atoms with van der Waals surface area (Å²) >= 11 is 0. The first-order chi connectivity index (χ1) is 12.1. The van der Waals surface area contributed by atoms with E-state index in [4.69, 9.17) is 60.3 Å². The van der Waals surface area contributed by atoms with Gasteiger partial charge in [-0.2, -0.15) is 0 Å². The van der Waals surface area contributed by atoms with Crippen molar-refractivity contribution >= 4 is 88.6 Å². The molecule has 198 valence electrons. The van der Waals surface area contributed by atoms with Crippen molar-refractivity contribution in [1.29, 1.82) is 0 Å². The Morgan fingerprint density at radius 3 is 0.290 bits per heavy atom. The van der Waals surface area contributed by atoms with Gasteiger partial charge in [0.15, 0.2) is 0 Å². The SMILES string of the molecule is C[SiH](C)C.C[SiH](C)C.C[SiH](C)C.OB(O)O.OB(O)O.OB(O)O.OB(O)O.[SiH4].[SiH4].[SiH4]. The molecule has 0 fully saturated rings. The van der Waals surface area contributed by atoms with Crippen molar-refractivity contribution in [3.8, 4) is 0 Å². The Hall–Kier alpha value is 1.08. The lowest BCUT2D eigenvalue weighted by molar-refractivity contribution is 0.276. The topological polar surface area (TPSA) is 243 Å². The summed E-state index contributed by atoms with van der Waals surface area (Å²) in [6, 6.07) is 0. The molecule has 0 saturated carbocycles. The lowest BCUT2D eigenvalue weighted by Gasteiger charge is -1.75. The quantitative estimate of drug-likeness (QED) is 0.122. The Labute approximate surface area is 207 Å². The zero-order chi connectivity index (χ0) is 25.0. The maximum atomic E-state index is 7.17. The molecule has 0 amide bonds. The molecule has 31 heavy (non-hydrogen) atoms. The summed E-state index contributed by atoms with van der Waals surface area (Å²) in [5, 5.41) is 86.0. The van der Waals surface area contributed by atoms with E-state index in [1.807, 2.05) is 0 Å². The van der Waals surface area contributed by atoms with Crippen LogP contribution >= 0.6 is 0 Å². The second kappa shape index (κ2) is 57.7. The van der Waals surface area contributed by atoms with E-state index < -0.39 is 29.3 Å². The van der Waals surface area contributed by atoms with Gasteiger partial charge in [-0.15, -0.1) is 0 Å². The van der Waals surface area contributed by atoms with Crippen molar-refractivity contribution < 1.29 is 60.3 Å². The highest BCUT2D eigenvalue weighted by Gasteiger charge is 1.93. The molecule has 0 aromatic rings. The summed E-state index contributed by atoms with van der Waals surface area (Å²) in [6.45, 7) is 20.8. The average Bonchev–Trinajstić information content (AvgIpc) is 2.20. The van der Waals surface area contributed by atoms with E-state index in [-0.39, 0.29) is 59.3 Å². The fourth-order valence-electron chi connectivity index (χ4n) is 0. The van der Waals surface area contributed by atoms with Crippen LogP contribution in [0.3, 0.4) is 0 Å². The normalized spacial score (nSPS) is 6.97. The van der Waals surface area contributed by atoms with Crippen LogP contribution in [0.4, 0.5) is 0 Å². The third-order valence-electron chi connectivity index (χ3n) is 0. The van der Waals surface area contributed by atoms with Crippen LogP contribution in [-0.4, -0.2) is 149 Å². The van der Waals surface area contributed by atoms with Crippen molar-refractivity contribution in [2.45, 2.75) is 58.9 Å². The largest absolute Gasteiger partial charge is 0.631 e. The molecule has 0 aliphatic rings. The highest BCUT2D eigenvalue weighted by molar-refractivity contribution is 6.54. The Balaban J connectivity index is -0.0000000204. The zero-order valence-corrected chi connectivity index (χ0v) is 21.9. The maximum absolute atomic E-state index is 7.17. The van der Waals surface area contributed by atoms with Gasteiger partial charge in [0.25, 0.3) is 0 Å². The highest BCUT2D eigenvalue weighted by Crippen LogP contribution is 1.68. The summed E-state index contributed by atoms with van der Waals surface area (Å²) in [4.78, 5) is 0. The van der Waals surface area contributed by atoms with Gasteiger partial charge in [-0.05, 0) is 32.9 Å². The second-order valence-electron chi connectivity index (χ2n) is 6.58. The Morgan fingerprint density at radius 2 is 0.290 bits per heavy atom. The van der Waals surface area contributed by atoms with Gasteiger partial charge in [0.2, 0.25) is 0 Å². The third kappa shape index (κ3) is 22500. The van der Waals surface area contributed by atoms with Crippen LogP contribution in [0.15, 0.2) is 0 Å². The predicted octanol–water partition coefficient (Wildman–Crippen LogP) is -9.25. The average molecular weight is 566 g/mol. The maximum Gasteiger partial charge on any atom is 0.631 e. The van der Waals surface area contributed by atoms with Crippen molar-refractivity contribution in [1.82, 2.24) is 0 Å². The van der Waals surface area contributed by atoms with E-state index in [0.717, 1.165) is 0 Å². The molecular weight excluding hydrogens is 512 g/mol. The van der Waals surface area contributed by atoms with E-state index >= 15 is 0 Å². The van der Waals surface area contributed by atoms with Crippen LogP contribution in [-0.2, 0) is 0 Å². The molecule has 0 heterocycles. The standard InChI is InChI=1S/3C3H10Si.4BH3O3.3H4Si/c3*1-4(2)3;4*2-1(3)4;;;/h3*4H,1-3H3;4*2-4H;3*1H4. The monoisotopic (exact) mass is 566 g/mol. The third-order valence-corrected chi connectivity index (χ3v) is 0. The van der Waals surface area contributed by atoms with Gasteiger partial charge < -0.3 is 60.3 Å². The van der Waals surface area contributed by atoms with E-state index in [9.17, 15) is 0 Å². The van der Waals surface area contributed by atoms with Crippen LogP contribution in [0.2, 0.25) is 58.9 Å². The van der Waals surface area contributed by atoms with Crippen LogP contribution in [0, 0.1) is 0 Å². The van der Waals surface area contributed by atoms with Crippen LogP contribution in [0.1, 0.15) is 0 Å². The lowest BCUT2D eigenvalue weighted by atomic mass is 10.3. The minimum Gasteiger partial charge on any atom is -0.402 e. The summed E-state index contributed by atoms with van der Waals surface area (Å²) in [6.07, 6.45) is 0. The Morgan fingerprint density at radius 1 is 0.290 bits per heavy atom. The Bertz CT molecular complexity index is 151. The molecule has 0 saturated heterocycles. The molecular formula is C9H54B4O12Si6. The number of rotatable bonds is 0. The van der Waals surface area contributed by atoms with Crippen molar-refractivity contribution in [2.24, 2.45) is 0 Å². The summed E-state index contributed by atoms with van der Waals surface area (Å²) in [7, 11) is -9.08. The van der Waals surface area contributed by atoms with Gasteiger partial charge in [-0.3, -0.25) is 0 Å². The predicted molar refractivity (Wildman–Crippen MR) is 158 cm³/mol. The van der Waals surface area contributed by atoms with Gasteiger partial charge in [-0.25, -0.2) is 0 Å². The zero-order valence-electron chi connectivity index (χ0n) is 18.4. The van der Waals surface area contributed by atoms with E-state index in [1.54, 1.807) is 0 Å². The van der Waals surface area contributed by atoms with Crippen molar-refractivity contribution in [2.75, 3.05) is 0 Å². The number of hydrogen-bond donors (Lipinski definition) is 12. The lowest BCUT2D eigenvalue weighted by Crippen LogP contribution is -2.07. The minimum absolute atomic E-state index is 0. The first-order valence-electron chi connectivity index (χ1n) is 8.29. The van der Waals surface area contributed by atoms with E-state index in [1.165, 1.54) is 0 Å². The first-order valence-corrected chi connectivity index (χ1v) is 18.7. The van der Waals surface area contributed by atoms with Gasteiger partial charge in [0.1, 0.15) is 0 Å². The molecule has 0 aromatic heterocycles. The number of hydrogen-bond acceptors (Lipinski definition) is 12. The Kier molecular flexibility index (Phi) is 118. The fourth-order valence-corrected chi connectivity index (χ4v) is 0. The van der Waals surface area contributed by atoms with Gasteiger partial charge >= 0.3 is 29.3 Å². The molecule has 0 rings (SSSR count). The summed E-state index contributed by atoms with van der Waals surface area (Å²) in [5.74, 6) is 0. The molecule has 0 aromatic carbocycles. The van der Waals surface area contributed by atoms with Crippen LogP contribution in [0.25, 0.3) is 0 Å². The summed E-state index contributed by atoms with van der Waals surface area (Å²) < 4.78 is 0. The van der Waals surface area contributed by atoms with E-state index in [0.29, 0.717) is 0 Å². The van der Waals surface area contributed by atoms with Gasteiger partial charge in [-0.1, -0.05) is 58.9 Å². The second-order valence-corrected chi connectivity index (χ2v) is 17.0. The molecule has 0 unspecified atom stereocenters. The van der Waals surface area contributed by atoms with Gasteiger partial charge in [0.05, 0.1) is 0 Å². The molecule has 0 bridgehead atoms. The molecule has 22 heteroatoms. The van der Waals surface area contributed by atoms with Gasteiger partial charge in [0, 0.05) is 26.4 Å². The summed E-state index contributed by atoms with van der Waals surface area (Å²) in [5.41, 5.74) is 0. The van der Waals surface area contributed by atoms with Crippen molar-refractivity contribution in [3.63, 3.8) is 0 Å².